The van der Waals surface area contributed by atoms with Crippen LogP contribution in [0.2, 0.25) is 0 Å². The zero-order valence-corrected chi connectivity index (χ0v) is 11.8. The number of nitrogens with zero attached hydrogens (tertiary/aromatic N) is 1. The minimum absolute atomic E-state index is 0.200. The molecule has 100 valence electrons. The van der Waals surface area contributed by atoms with Crippen molar-refractivity contribution in [3.05, 3.63) is 0 Å². The lowest BCUT2D eigenvalue weighted by Crippen LogP contribution is -2.38. The Kier molecular flexibility index (Phi) is 5.44. The second-order valence-electron chi connectivity index (χ2n) is 5.97. The Balaban J connectivity index is 2.36. The lowest BCUT2D eigenvalue weighted by Gasteiger charge is -2.25. The van der Waals surface area contributed by atoms with E-state index >= 15 is 0 Å². The molecule has 0 heterocycles. The zero-order valence-electron chi connectivity index (χ0n) is 11.8. The van der Waals surface area contributed by atoms with Gasteiger partial charge in [0.05, 0.1) is 0 Å². The molecule has 1 aliphatic rings. The van der Waals surface area contributed by atoms with Crippen LogP contribution in [0.25, 0.3) is 0 Å². The molecule has 1 saturated carbocycles. The second kappa shape index (κ2) is 6.39. The minimum Gasteiger partial charge on any atom is -0.345 e. The predicted molar refractivity (Wildman–Crippen MR) is 71.6 cm³/mol. The third kappa shape index (κ3) is 3.98. The van der Waals surface area contributed by atoms with Gasteiger partial charge in [0.1, 0.15) is 0 Å². The second-order valence-corrected chi connectivity index (χ2v) is 5.97. The fourth-order valence-corrected chi connectivity index (χ4v) is 2.58. The van der Waals surface area contributed by atoms with Crippen molar-refractivity contribution in [2.75, 3.05) is 13.6 Å². The minimum atomic E-state index is 0.200. The molecule has 0 aromatic rings. The molecular weight excluding hydrogens is 212 g/mol. The Morgan fingerprint density at radius 2 is 2.06 bits per heavy atom. The summed E-state index contributed by atoms with van der Waals surface area (Å²) in [6, 6.07) is 0.200. The van der Waals surface area contributed by atoms with E-state index in [1.54, 1.807) is 0 Å². The van der Waals surface area contributed by atoms with Crippen molar-refractivity contribution < 1.29 is 4.79 Å². The first kappa shape index (κ1) is 14.5. The van der Waals surface area contributed by atoms with Gasteiger partial charge in [0.25, 0.3) is 0 Å². The van der Waals surface area contributed by atoms with Crippen molar-refractivity contribution in [2.45, 2.75) is 52.5 Å². The van der Waals surface area contributed by atoms with Gasteiger partial charge in [0, 0.05) is 25.6 Å². The van der Waals surface area contributed by atoms with Crippen molar-refractivity contribution in [3.8, 4) is 0 Å². The van der Waals surface area contributed by atoms with Crippen molar-refractivity contribution in [3.63, 3.8) is 0 Å². The fraction of sp³-hybridized carbons (Fsp3) is 0.929. The number of hydrogen-bond acceptors (Lipinski definition) is 2. The molecular formula is C14H28N2O. The molecule has 0 radical (unpaired) electrons. The van der Waals surface area contributed by atoms with E-state index in [0.717, 1.165) is 19.4 Å². The van der Waals surface area contributed by atoms with Crippen LogP contribution < -0.4 is 5.73 Å². The summed E-state index contributed by atoms with van der Waals surface area (Å²) in [7, 11) is 1.92. The third-order valence-electron chi connectivity index (χ3n) is 4.21. The summed E-state index contributed by atoms with van der Waals surface area (Å²) in [5.74, 6) is 1.63. The Hall–Kier alpha value is -0.570. The van der Waals surface area contributed by atoms with Crippen LogP contribution in [-0.2, 0) is 4.79 Å². The Morgan fingerprint density at radius 3 is 2.53 bits per heavy atom. The number of carbonyl (C=O) groups excluding carboxylic acids is 1. The number of carbonyl (C=O) groups is 1. The number of nitrogens with two attached hydrogens (primary N) is 1. The highest BCUT2D eigenvalue weighted by atomic mass is 16.2. The normalized spacial score (nSPS) is 26.2. The van der Waals surface area contributed by atoms with Gasteiger partial charge in [0.15, 0.2) is 0 Å². The average Bonchev–Trinajstić information content (AvgIpc) is 2.70. The van der Waals surface area contributed by atoms with Crippen LogP contribution >= 0.6 is 0 Å². The topological polar surface area (TPSA) is 46.3 Å². The SMILES string of the molecule is CC(C)C(N)CCN(C)C(=O)C1CCCC1C. The van der Waals surface area contributed by atoms with Crippen LogP contribution in [-0.4, -0.2) is 30.4 Å². The first-order chi connectivity index (χ1) is 7.93. The molecule has 3 atom stereocenters. The fourth-order valence-electron chi connectivity index (χ4n) is 2.58. The van der Waals surface area contributed by atoms with E-state index in [4.69, 9.17) is 5.73 Å². The summed E-state index contributed by atoms with van der Waals surface area (Å²) in [5.41, 5.74) is 6.01. The van der Waals surface area contributed by atoms with Crippen LogP contribution in [0, 0.1) is 17.8 Å². The molecule has 3 nitrogen and oxygen atoms in total. The van der Waals surface area contributed by atoms with Gasteiger partial charge in [-0.2, -0.15) is 0 Å². The number of amides is 1. The Morgan fingerprint density at radius 1 is 1.41 bits per heavy atom. The summed E-state index contributed by atoms with van der Waals surface area (Å²) in [4.78, 5) is 14.1. The molecule has 0 spiro atoms. The molecule has 1 aliphatic carbocycles. The summed E-state index contributed by atoms with van der Waals surface area (Å²) in [5, 5.41) is 0. The van der Waals surface area contributed by atoms with Crippen LogP contribution in [0.3, 0.4) is 0 Å². The molecule has 2 N–H and O–H groups in total. The van der Waals surface area contributed by atoms with Crippen molar-refractivity contribution in [1.82, 2.24) is 4.90 Å². The van der Waals surface area contributed by atoms with E-state index in [0.29, 0.717) is 17.7 Å². The molecule has 1 amide bonds. The van der Waals surface area contributed by atoms with Crippen LogP contribution in [0.5, 0.6) is 0 Å². The largest absolute Gasteiger partial charge is 0.345 e. The van der Waals surface area contributed by atoms with E-state index in [2.05, 4.69) is 20.8 Å². The number of hydrogen-bond donors (Lipinski definition) is 1. The maximum Gasteiger partial charge on any atom is 0.225 e. The molecule has 17 heavy (non-hydrogen) atoms. The molecule has 0 aliphatic heterocycles. The van der Waals surface area contributed by atoms with E-state index in [9.17, 15) is 4.79 Å². The van der Waals surface area contributed by atoms with E-state index < -0.39 is 0 Å². The van der Waals surface area contributed by atoms with Gasteiger partial charge in [-0.15, -0.1) is 0 Å². The highest BCUT2D eigenvalue weighted by Gasteiger charge is 2.31. The van der Waals surface area contributed by atoms with Crippen LogP contribution in [0.4, 0.5) is 0 Å². The van der Waals surface area contributed by atoms with Gasteiger partial charge in [-0.3, -0.25) is 4.79 Å². The quantitative estimate of drug-likeness (QED) is 0.801. The summed E-state index contributed by atoms with van der Waals surface area (Å²) >= 11 is 0. The highest BCUT2D eigenvalue weighted by molar-refractivity contribution is 5.79. The van der Waals surface area contributed by atoms with Gasteiger partial charge >= 0.3 is 0 Å². The summed E-state index contributed by atoms with van der Waals surface area (Å²) in [6.45, 7) is 7.25. The van der Waals surface area contributed by atoms with Crippen molar-refractivity contribution in [2.24, 2.45) is 23.5 Å². The highest BCUT2D eigenvalue weighted by Crippen LogP contribution is 2.32. The Bertz CT molecular complexity index is 253. The van der Waals surface area contributed by atoms with Gasteiger partial charge in [-0.25, -0.2) is 0 Å². The summed E-state index contributed by atoms with van der Waals surface area (Å²) < 4.78 is 0. The van der Waals surface area contributed by atoms with E-state index in [1.165, 1.54) is 12.8 Å². The van der Waals surface area contributed by atoms with Gasteiger partial charge in [0.2, 0.25) is 5.91 Å². The molecule has 1 rings (SSSR count). The lowest BCUT2D eigenvalue weighted by atomic mass is 9.96. The predicted octanol–water partition coefficient (Wildman–Crippen LogP) is 2.25. The van der Waals surface area contributed by atoms with Crippen LogP contribution in [0.15, 0.2) is 0 Å². The molecule has 0 bridgehead atoms. The molecule has 3 heteroatoms. The smallest absolute Gasteiger partial charge is 0.225 e. The average molecular weight is 240 g/mol. The maximum absolute atomic E-state index is 12.2. The molecule has 3 unspecified atom stereocenters. The first-order valence-corrected chi connectivity index (χ1v) is 6.94. The standard InChI is InChI=1S/C14H28N2O/c1-10(2)13(15)8-9-16(4)14(17)12-7-5-6-11(12)3/h10-13H,5-9,15H2,1-4H3. The summed E-state index contributed by atoms with van der Waals surface area (Å²) in [6.07, 6.45) is 4.38. The zero-order chi connectivity index (χ0) is 13.0. The Labute approximate surface area is 106 Å². The van der Waals surface area contributed by atoms with Crippen molar-refractivity contribution in [1.29, 1.82) is 0 Å². The molecule has 0 saturated heterocycles. The lowest BCUT2D eigenvalue weighted by molar-refractivity contribution is -0.135. The first-order valence-electron chi connectivity index (χ1n) is 6.94. The van der Waals surface area contributed by atoms with Crippen LogP contribution in [0.1, 0.15) is 46.5 Å². The third-order valence-corrected chi connectivity index (χ3v) is 4.21. The van der Waals surface area contributed by atoms with Gasteiger partial charge < -0.3 is 10.6 Å². The van der Waals surface area contributed by atoms with E-state index in [1.807, 2.05) is 11.9 Å². The number of rotatable bonds is 5. The molecule has 0 aromatic carbocycles. The molecule has 1 fully saturated rings. The van der Waals surface area contributed by atoms with Crippen molar-refractivity contribution >= 4 is 5.91 Å². The van der Waals surface area contributed by atoms with Gasteiger partial charge in [-0.1, -0.05) is 27.2 Å². The van der Waals surface area contributed by atoms with E-state index in [-0.39, 0.29) is 12.0 Å². The molecule has 0 aromatic heterocycles. The van der Waals surface area contributed by atoms with Gasteiger partial charge in [-0.05, 0) is 31.1 Å². The monoisotopic (exact) mass is 240 g/mol. The maximum atomic E-state index is 12.2.